The Hall–Kier alpha value is -2.88. The first-order valence-electron chi connectivity index (χ1n) is 5.97. The lowest BCUT2D eigenvalue weighted by atomic mass is 10.1. The molecule has 2 heterocycles. The highest BCUT2D eigenvalue weighted by Crippen LogP contribution is 2.19. The Bertz CT molecular complexity index is 955. The van der Waals surface area contributed by atoms with Crippen molar-refractivity contribution in [1.29, 1.82) is 0 Å². The van der Waals surface area contributed by atoms with Gasteiger partial charge in [0.2, 0.25) is 11.6 Å². The van der Waals surface area contributed by atoms with Crippen molar-refractivity contribution < 1.29 is 17.1 Å². The van der Waals surface area contributed by atoms with E-state index in [0.717, 1.165) is 0 Å². The number of imidazole rings is 1. The monoisotopic (exact) mass is 321 g/mol. The number of anilines is 1. The van der Waals surface area contributed by atoms with Crippen LogP contribution >= 0.6 is 0 Å². The summed E-state index contributed by atoms with van der Waals surface area (Å²) in [5.74, 6) is -1.22. The number of halogens is 1. The number of H-pyrrole nitrogens is 1. The fraction of sp³-hybridized carbons (Fsp3) is 0. The van der Waals surface area contributed by atoms with E-state index in [1.54, 1.807) is 35.1 Å². The van der Waals surface area contributed by atoms with Gasteiger partial charge in [-0.05, 0) is 0 Å². The van der Waals surface area contributed by atoms with Crippen molar-refractivity contribution in [3.63, 3.8) is 0 Å². The second-order valence-corrected chi connectivity index (χ2v) is 5.31. The van der Waals surface area contributed by atoms with E-state index in [4.69, 9.17) is 0 Å². The maximum atomic E-state index is 12.8. The zero-order valence-corrected chi connectivity index (χ0v) is 11.6. The van der Waals surface area contributed by atoms with Gasteiger partial charge in [0.05, 0.1) is 6.33 Å². The van der Waals surface area contributed by atoms with Crippen LogP contribution < -0.4 is 4.72 Å². The maximum absolute atomic E-state index is 12.8. The summed E-state index contributed by atoms with van der Waals surface area (Å²) >= 11 is 0. The largest absolute Gasteiger partial charge is 0.398 e. The summed E-state index contributed by atoms with van der Waals surface area (Å²) in [6.07, 6.45) is 1.23. The summed E-state index contributed by atoms with van der Waals surface area (Å²) in [6, 6.07) is 8.16. The van der Waals surface area contributed by atoms with E-state index in [0.29, 0.717) is 5.56 Å². The third-order valence-corrected chi connectivity index (χ3v) is 3.18. The van der Waals surface area contributed by atoms with Crippen molar-refractivity contribution in [1.82, 2.24) is 19.9 Å². The molecule has 0 amide bonds. The fourth-order valence-corrected chi connectivity index (χ4v) is 2.22. The van der Waals surface area contributed by atoms with Crippen LogP contribution in [0, 0.1) is 0 Å². The molecule has 0 unspecified atom stereocenters. The molecule has 0 saturated carbocycles. The molecule has 0 aliphatic rings. The predicted octanol–water partition coefficient (Wildman–Crippen LogP) is 1.21. The standard InChI is InChI=1S/C12H8FN5O3S/c13-22(20,21)18-11-8-10(15-6-14-8)16-12(17-11)9(19)7-4-2-1-3-5-7/h1-6H,(H2,14,15,16,17,18). The molecule has 1 aromatic carbocycles. The van der Waals surface area contributed by atoms with Crippen molar-refractivity contribution in [3.05, 3.63) is 48.0 Å². The molecule has 2 aromatic heterocycles. The van der Waals surface area contributed by atoms with Crippen LogP contribution in [0.4, 0.5) is 9.70 Å². The van der Waals surface area contributed by atoms with Crippen LogP contribution in [0.1, 0.15) is 16.2 Å². The molecule has 0 aliphatic carbocycles. The molecule has 0 spiro atoms. The summed E-state index contributed by atoms with van der Waals surface area (Å²) in [5.41, 5.74) is 0.428. The molecule has 0 saturated heterocycles. The van der Waals surface area contributed by atoms with E-state index in [-0.39, 0.29) is 22.8 Å². The van der Waals surface area contributed by atoms with Gasteiger partial charge in [0.25, 0.3) is 0 Å². The molecule has 0 aliphatic heterocycles. The van der Waals surface area contributed by atoms with Crippen molar-refractivity contribution in [2.75, 3.05) is 4.72 Å². The highest BCUT2D eigenvalue weighted by Gasteiger charge is 2.19. The van der Waals surface area contributed by atoms with Gasteiger partial charge in [0.1, 0.15) is 5.52 Å². The SMILES string of the molecule is O=C(c1ccccc1)c1nc(NS(=O)(=O)F)c2[nH]cnc2n1. The molecule has 0 fully saturated rings. The Kier molecular flexibility index (Phi) is 3.29. The van der Waals surface area contributed by atoms with Gasteiger partial charge in [0, 0.05) is 5.56 Å². The van der Waals surface area contributed by atoms with Gasteiger partial charge in [-0.3, -0.25) is 4.79 Å². The summed E-state index contributed by atoms with van der Waals surface area (Å²) in [4.78, 5) is 26.4. The normalized spacial score (nSPS) is 11.5. The quantitative estimate of drug-likeness (QED) is 0.551. The number of hydrogen-bond donors (Lipinski definition) is 2. The Labute approximate surface area is 123 Å². The lowest BCUT2D eigenvalue weighted by Crippen LogP contribution is -2.13. The molecule has 22 heavy (non-hydrogen) atoms. The first-order chi connectivity index (χ1) is 10.4. The van der Waals surface area contributed by atoms with Gasteiger partial charge >= 0.3 is 10.4 Å². The van der Waals surface area contributed by atoms with E-state index in [2.05, 4.69) is 19.9 Å². The first kappa shape index (κ1) is 14.1. The van der Waals surface area contributed by atoms with Gasteiger partial charge in [-0.1, -0.05) is 34.2 Å². The molecule has 0 radical (unpaired) electrons. The molecule has 112 valence electrons. The second kappa shape index (κ2) is 5.15. The molecular formula is C12H8FN5O3S. The third-order valence-electron chi connectivity index (χ3n) is 2.74. The van der Waals surface area contributed by atoms with Crippen molar-refractivity contribution in [2.24, 2.45) is 0 Å². The Morgan fingerprint density at radius 2 is 1.91 bits per heavy atom. The minimum atomic E-state index is -5.05. The van der Waals surface area contributed by atoms with Crippen LogP contribution in [0.3, 0.4) is 0 Å². The average molecular weight is 321 g/mol. The molecule has 0 bridgehead atoms. The highest BCUT2D eigenvalue weighted by atomic mass is 32.3. The highest BCUT2D eigenvalue weighted by molar-refractivity contribution is 7.87. The van der Waals surface area contributed by atoms with Gasteiger partial charge in [-0.25, -0.2) is 19.7 Å². The number of aromatic nitrogens is 4. The number of rotatable bonds is 4. The second-order valence-electron chi connectivity index (χ2n) is 4.23. The number of carbonyl (C=O) groups excluding carboxylic acids is 1. The van der Waals surface area contributed by atoms with E-state index in [1.807, 2.05) is 0 Å². The smallest absolute Gasteiger partial charge is 0.340 e. The summed E-state index contributed by atoms with van der Waals surface area (Å²) in [6.45, 7) is 0. The summed E-state index contributed by atoms with van der Waals surface area (Å²) < 4.78 is 36.0. The Morgan fingerprint density at radius 3 is 2.59 bits per heavy atom. The van der Waals surface area contributed by atoms with Crippen LogP contribution in [-0.2, 0) is 10.4 Å². The maximum Gasteiger partial charge on any atom is 0.398 e. The van der Waals surface area contributed by atoms with E-state index in [1.165, 1.54) is 6.33 Å². The van der Waals surface area contributed by atoms with Crippen LogP contribution in [0.2, 0.25) is 0 Å². The molecular weight excluding hydrogens is 313 g/mol. The number of carbonyl (C=O) groups is 1. The number of hydrogen-bond acceptors (Lipinski definition) is 6. The topological polar surface area (TPSA) is 118 Å². The number of aromatic amines is 1. The molecule has 8 nitrogen and oxygen atoms in total. The van der Waals surface area contributed by atoms with E-state index in [9.17, 15) is 17.1 Å². The van der Waals surface area contributed by atoms with Crippen molar-refractivity contribution in [3.8, 4) is 0 Å². The first-order valence-corrected chi connectivity index (χ1v) is 7.35. The number of ketones is 1. The number of benzene rings is 1. The van der Waals surface area contributed by atoms with Crippen LogP contribution in [0.15, 0.2) is 36.7 Å². The summed E-state index contributed by atoms with van der Waals surface area (Å²) in [7, 11) is -5.05. The Balaban J connectivity index is 2.13. The molecule has 3 aromatic rings. The number of fused-ring (bicyclic) bond motifs is 1. The van der Waals surface area contributed by atoms with Gasteiger partial charge in [-0.15, -0.1) is 0 Å². The minimum absolute atomic E-state index is 0.0421. The summed E-state index contributed by atoms with van der Waals surface area (Å²) in [5, 5.41) is 0. The van der Waals surface area contributed by atoms with Crippen LogP contribution in [-0.4, -0.2) is 34.1 Å². The van der Waals surface area contributed by atoms with Crippen LogP contribution in [0.5, 0.6) is 0 Å². The average Bonchev–Trinajstić information content (AvgIpc) is 2.94. The van der Waals surface area contributed by atoms with E-state index < -0.39 is 16.2 Å². The molecule has 2 N–H and O–H groups in total. The van der Waals surface area contributed by atoms with Crippen molar-refractivity contribution in [2.45, 2.75) is 0 Å². The molecule has 10 heteroatoms. The zero-order chi connectivity index (χ0) is 15.7. The van der Waals surface area contributed by atoms with Crippen molar-refractivity contribution >= 4 is 33.2 Å². The predicted molar refractivity (Wildman–Crippen MR) is 75.2 cm³/mol. The third kappa shape index (κ3) is 2.76. The molecule has 0 atom stereocenters. The zero-order valence-electron chi connectivity index (χ0n) is 10.8. The minimum Gasteiger partial charge on any atom is -0.340 e. The number of nitrogens with one attached hydrogen (secondary N) is 2. The fourth-order valence-electron chi connectivity index (χ4n) is 1.84. The van der Waals surface area contributed by atoms with Crippen LogP contribution in [0.25, 0.3) is 11.2 Å². The lowest BCUT2D eigenvalue weighted by molar-refractivity contribution is 0.102. The number of nitrogens with zero attached hydrogens (tertiary/aromatic N) is 3. The van der Waals surface area contributed by atoms with E-state index >= 15 is 0 Å². The molecule has 3 rings (SSSR count). The van der Waals surface area contributed by atoms with Gasteiger partial charge in [0.15, 0.2) is 11.5 Å². The van der Waals surface area contributed by atoms with Gasteiger partial charge < -0.3 is 4.98 Å². The van der Waals surface area contributed by atoms with Gasteiger partial charge in [-0.2, -0.15) is 8.42 Å². The Morgan fingerprint density at radius 1 is 1.18 bits per heavy atom. The lowest BCUT2D eigenvalue weighted by Gasteiger charge is -2.04.